The summed E-state index contributed by atoms with van der Waals surface area (Å²) < 4.78 is 15.6. The first-order valence-corrected chi connectivity index (χ1v) is 7.02. The van der Waals surface area contributed by atoms with Crippen LogP contribution in [0.5, 0.6) is 5.75 Å². The number of benzene rings is 1. The molecule has 0 amide bonds. The van der Waals surface area contributed by atoms with Crippen molar-refractivity contribution in [1.29, 1.82) is 0 Å². The van der Waals surface area contributed by atoms with Crippen LogP contribution >= 0.6 is 0 Å². The predicted octanol–water partition coefficient (Wildman–Crippen LogP) is 3.02. The normalized spacial score (nSPS) is 10.8. The quantitative estimate of drug-likeness (QED) is 0.768. The summed E-state index contributed by atoms with van der Waals surface area (Å²) in [5.74, 6) is 1.79. The van der Waals surface area contributed by atoms with Gasteiger partial charge in [0.1, 0.15) is 22.8 Å². The van der Waals surface area contributed by atoms with Crippen molar-refractivity contribution < 1.29 is 18.7 Å². The van der Waals surface area contributed by atoms with Crippen molar-refractivity contribution >= 4 is 5.97 Å². The molecule has 0 saturated carbocycles. The fraction of sp³-hybridized carbons (Fsp3) is 0.353. The van der Waals surface area contributed by atoms with Gasteiger partial charge in [0.25, 0.3) is 0 Å². The number of carbonyl (C=O) groups is 1. The number of carbonyl (C=O) groups excluding carboxylic acids is 1. The molecule has 22 heavy (non-hydrogen) atoms. The predicted molar refractivity (Wildman–Crippen MR) is 82.9 cm³/mol. The van der Waals surface area contributed by atoms with E-state index >= 15 is 0 Å². The fourth-order valence-corrected chi connectivity index (χ4v) is 2.34. The first-order valence-electron chi connectivity index (χ1n) is 7.02. The molecule has 0 spiro atoms. The van der Waals surface area contributed by atoms with Crippen LogP contribution in [0.25, 0.3) is 0 Å². The molecular formula is C17H21NO4. The Bertz CT molecular complexity index is 648. The number of methoxy groups -OCH3 is 2. The third kappa shape index (κ3) is 3.89. The van der Waals surface area contributed by atoms with Gasteiger partial charge in [-0.2, -0.15) is 0 Å². The molecular weight excluding hydrogens is 282 g/mol. The largest absolute Gasteiger partial charge is 0.497 e. The molecule has 0 fully saturated rings. The maximum absolute atomic E-state index is 11.6. The molecule has 0 saturated heterocycles. The number of esters is 1. The number of nitrogens with zero attached hydrogens (tertiary/aromatic N) is 1. The highest BCUT2D eigenvalue weighted by molar-refractivity contribution is 5.90. The van der Waals surface area contributed by atoms with Gasteiger partial charge in [-0.25, -0.2) is 4.79 Å². The Labute approximate surface area is 130 Å². The Kier molecular flexibility index (Phi) is 5.22. The average molecular weight is 303 g/mol. The maximum atomic E-state index is 11.6. The minimum atomic E-state index is -0.372. The van der Waals surface area contributed by atoms with Crippen LogP contribution in [0.4, 0.5) is 0 Å². The molecule has 5 heteroatoms. The van der Waals surface area contributed by atoms with Crippen LogP contribution in [0.1, 0.15) is 27.4 Å². The van der Waals surface area contributed by atoms with Gasteiger partial charge in [-0.3, -0.25) is 4.90 Å². The third-order valence-corrected chi connectivity index (χ3v) is 3.39. The molecule has 0 N–H and O–H groups in total. The molecule has 0 unspecified atom stereocenters. The van der Waals surface area contributed by atoms with Gasteiger partial charge in [0.05, 0.1) is 20.8 Å². The molecule has 5 nitrogen and oxygen atoms in total. The standard InChI is InChI=1S/C17H21NO4/c1-12-16(17(19)21-4)9-15(22-12)11-18(2)10-13-6-5-7-14(8-13)20-3/h5-9H,10-11H2,1-4H3. The van der Waals surface area contributed by atoms with Gasteiger partial charge < -0.3 is 13.9 Å². The molecule has 0 radical (unpaired) electrons. The number of hydrogen-bond acceptors (Lipinski definition) is 5. The summed E-state index contributed by atoms with van der Waals surface area (Å²) in [5.41, 5.74) is 1.63. The molecule has 1 aromatic carbocycles. The zero-order valence-electron chi connectivity index (χ0n) is 13.4. The summed E-state index contributed by atoms with van der Waals surface area (Å²) in [6.07, 6.45) is 0. The lowest BCUT2D eigenvalue weighted by Crippen LogP contribution is -2.16. The first-order chi connectivity index (χ1) is 10.5. The Hall–Kier alpha value is -2.27. The summed E-state index contributed by atoms with van der Waals surface area (Å²) >= 11 is 0. The summed E-state index contributed by atoms with van der Waals surface area (Å²) in [6, 6.07) is 9.68. The van der Waals surface area contributed by atoms with Crippen molar-refractivity contribution in [3.8, 4) is 5.75 Å². The van der Waals surface area contributed by atoms with Crippen LogP contribution in [-0.2, 0) is 17.8 Å². The molecule has 0 aliphatic rings. The van der Waals surface area contributed by atoms with E-state index in [0.717, 1.165) is 23.6 Å². The van der Waals surface area contributed by atoms with E-state index in [1.54, 1.807) is 20.1 Å². The Morgan fingerprint density at radius 2 is 2.00 bits per heavy atom. The van der Waals surface area contributed by atoms with Crippen LogP contribution < -0.4 is 4.74 Å². The van der Waals surface area contributed by atoms with Gasteiger partial charge in [0.2, 0.25) is 0 Å². The molecule has 0 bridgehead atoms. The van der Waals surface area contributed by atoms with Crippen molar-refractivity contribution in [2.24, 2.45) is 0 Å². The highest BCUT2D eigenvalue weighted by Crippen LogP contribution is 2.19. The zero-order chi connectivity index (χ0) is 16.1. The molecule has 118 valence electrons. The lowest BCUT2D eigenvalue weighted by molar-refractivity contribution is 0.0599. The third-order valence-electron chi connectivity index (χ3n) is 3.39. The van der Waals surface area contributed by atoms with E-state index in [4.69, 9.17) is 13.9 Å². The van der Waals surface area contributed by atoms with E-state index in [-0.39, 0.29) is 5.97 Å². The van der Waals surface area contributed by atoms with E-state index in [1.165, 1.54) is 7.11 Å². The van der Waals surface area contributed by atoms with Crippen LogP contribution in [0.3, 0.4) is 0 Å². The van der Waals surface area contributed by atoms with Crippen LogP contribution in [-0.4, -0.2) is 32.1 Å². The topological polar surface area (TPSA) is 51.9 Å². The van der Waals surface area contributed by atoms with E-state index in [0.29, 0.717) is 17.9 Å². The average Bonchev–Trinajstić information content (AvgIpc) is 2.86. The Balaban J connectivity index is 2.02. The lowest BCUT2D eigenvalue weighted by Gasteiger charge is -2.15. The maximum Gasteiger partial charge on any atom is 0.341 e. The van der Waals surface area contributed by atoms with Crippen molar-refractivity contribution in [2.75, 3.05) is 21.3 Å². The Morgan fingerprint density at radius 1 is 1.23 bits per heavy atom. The van der Waals surface area contributed by atoms with Crippen molar-refractivity contribution in [3.63, 3.8) is 0 Å². The van der Waals surface area contributed by atoms with Gasteiger partial charge >= 0.3 is 5.97 Å². The van der Waals surface area contributed by atoms with Crippen LogP contribution in [0.15, 0.2) is 34.7 Å². The minimum Gasteiger partial charge on any atom is -0.497 e. The van der Waals surface area contributed by atoms with Crippen LogP contribution in [0.2, 0.25) is 0 Å². The van der Waals surface area contributed by atoms with Crippen LogP contribution in [0, 0.1) is 6.92 Å². The molecule has 2 aromatic rings. The zero-order valence-corrected chi connectivity index (χ0v) is 13.4. The molecule has 0 aliphatic heterocycles. The first kappa shape index (κ1) is 16.1. The van der Waals surface area contributed by atoms with E-state index in [9.17, 15) is 4.79 Å². The number of hydrogen-bond donors (Lipinski definition) is 0. The van der Waals surface area contributed by atoms with Gasteiger partial charge in [-0.1, -0.05) is 12.1 Å². The summed E-state index contributed by atoms with van der Waals surface area (Å²) in [7, 11) is 5.02. The smallest absolute Gasteiger partial charge is 0.341 e. The Morgan fingerprint density at radius 3 is 2.68 bits per heavy atom. The summed E-state index contributed by atoms with van der Waals surface area (Å²) in [5, 5.41) is 0. The molecule has 0 aliphatic carbocycles. The second-order valence-electron chi connectivity index (χ2n) is 5.20. The SMILES string of the molecule is COC(=O)c1cc(CN(C)Cc2cccc(OC)c2)oc1C. The summed E-state index contributed by atoms with van der Waals surface area (Å²) in [4.78, 5) is 13.7. The highest BCUT2D eigenvalue weighted by Gasteiger charge is 2.16. The van der Waals surface area contributed by atoms with Gasteiger partial charge in [-0.05, 0) is 37.7 Å². The lowest BCUT2D eigenvalue weighted by atomic mass is 10.2. The van der Waals surface area contributed by atoms with Crippen molar-refractivity contribution in [3.05, 3.63) is 53.0 Å². The highest BCUT2D eigenvalue weighted by atomic mass is 16.5. The number of ether oxygens (including phenoxy) is 2. The van der Waals surface area contributed by atoms with Gasteiger partial charge in [-0.15, -0.1) is 0 Å². The monoisotopic (exact) mass is 303 g/mol. The van der Waals surface area contributed by atoms with Crippen molar-refractivity contribution in [2.45, 2.75) is 20.0 Å². The van der Waals surface area contributed by atoms with Gasteiger partial charge in [0.15, 0.2) is 0 Å². The minimum absolute atomic E-state index is 0.372. The van der Waals surface area contributed by atoms with E-state index in [1.807, 2.05) is 31.3 Å². The molecule has 1 aromatic heterocycles. The fourth-order valence-electron chi connectivity index (χ4n) is 2.34. The second-order valence-corrected chi connectivity index (χ2v) is 5.20. The number of rotatable bonds is 6. The number of aryl methyl sites for hydroxylation is 1. The van der Waals surface area contributed by atoms with E-state index in [2.05, 4.69) is 4.90 Å². The van der Waals surface area contributed by atoms with Gasteiger partial charge in [0, 0.05) is 6.54 Å². The van der Waals surface area contributed by atoms with Crippen molar-refractivity contribution in [1.82, 2.24) is 4.90 Å². The second kappa shape index (κ2) is 7.13. The summed E-state index contributed by atoms with van der Waals surface area (Å²) in [6.45, 7) is 3.12. The molecule has 2 rings (SSSR count). The van der Waals surface area contributed by atoms with E-state index < -0.39 is 0 Å². The molecule has 1 heterocycles. The molecule has 0 atom stereocenters. The number of furan rings is 1.